The molecule has 1 aliphatic rings. The normalized spacial score (nSPS) is 18.6. The Labute approximate surface area is 160 Å². The van der Waals surface area contributed by atoms with Crippen molar-refractivity contribution in [2.75, 3.05) is 11.1 Å². The third kappa shape index (κ3) is 2.00. The highest BCUT2D eigenvalue weighted by atomic mass is 15.0. The first-order valence-electron chi connectivity index (χ1n) is 9.37. The van der Waals surface area contributed by atoms with Crippen molar-refractivity contribution < 1.29 is 0 Å². The maximum atomic E-state index is 6.07. The average Bonchev–Trinajstić information content (AvgIpc) is 3.28. The number of fused-ring (bicyclic) bond motifs is 7. The number of rotatable bonds is 1. The van der Waals surface area contributed by atoms with Crippen molar-refractivity contribution in [1.82, 2.24) is 19.9 Å². The molecule has 136 valence electrons. The van der Waals surface area contributed by atoms with Crippen LogP contribution >= 0.6 is 0 Å². The van der Waals surface area contributed by atoms with Crippen LogP contribution < -0.4 is 11.1 Å². The zero-order chi connectivity index (χ0) is 18.8. The van der Waals surface area contributed by atoms with Crippen molar-refractivity contribution in [1.29, 1.82) is 0 Å². The fraction of sp³-hybridized carbons (Fsp3) is 0.136. The molecule has 0 saturated heterocycles. The molecule has 2 unspecified atom stereocenters. The summed E-state index contributed by atoms with van der Waals surface area (Å²) < 4.78 is 0. The van der Waals surface area contributed by atoms with Crippen LogP contribution in [0.15, 0.2) is 54.9 Å². The Morgan fingerprint density at radius 1 is 0.929 bits per heavy atom. The van der Waals surface area contributed by atoms with Crippen LogP contribution in [0, 0.1) is 0 Å². The predicted molar refractivity (Wildman–Crippen MR) is 112 cm³/mol. The van der Waals surface area contributed by atoms with E-state index in [-0.39, 0.29) is 12.0 Å². The summed E-state index contributed by atoms with van der Waals surface area (Å²) in [6.45, 7) is 2.17. The molecule has 0 aliphatic carbocycles. The minimum atomic E-state index is 0.101. The first-order chi connectivity index (χ1) is 13.7. The zero-order valence-electron chi connectivity index (χ0n) is 15.3. The minimum absolute atomic E-state index is 0.101. The molecule has 6 rings (SSSR count). The number of nitrogens with zero attached hydrogens (tertiary/aromatic N) is 3. The molecule has 6 heteroatoms. The lowest BCUT2D eigenvalue weighted by atomic mass is 9.95. The summed E-state index contributed by atoms with van der Waals surface area (Å²) in [5, 5.41) is 5.60. The highest BCUT2D eigenvalue weighted by Crippen LogP contribution is 2.42. The van der Waals surface area contributed by atoms with Crippen molar-refractivity contribution >= 4 is 44.2 Å². The number of nitrogens with one attached hydrogen (secondary N) is 2. The number of anilines is 2. The van der Waals surface area contributed by atoms with E-state index in [2.05, 4.69) is 39.3 Å². The largest absolute Gasteiger partial charge is 0.399 e. The van der Waals surface area contributed by atoms with Gasteiger partial charge in [-0.1, -0.05) is 0 Å². The Bertz CT molecular complexity index is 1310. The maximum Gasteiger partial charge on any atom is 0.117 e. The van der Waals surface area contributed by atoms with Gasteiger partial charge in [-0.15, -0.1) is 0 Å². The number of hydrogen-bond donors (Lipinski definition) is 3. The molecule has 0 radical (unpaired) electrons. The van der Waals surface area contributed by atoms with E-state index in [4.69, 9.17) is 10.7 Å². The molecular weight excluding hydrogens is 348 g/mol. The van der Waals surface area contributed by atoms with E-state index in [0.717, 1.165) is 50.0 Å². The summed E-state index contributed by atoms with van der Waals surface area (Å²) >= 11 is 0. The Morgan fingerprint density at radius 2 is 1.68 bits per heavy atom. The van der Waals surface area contributed by atoms with E-state index in [0.29, 0.717) is 0 Å². The van der Waals surface area contributed by atoms with Crippen LogP contribution in [-0.2, 0) is 0 Å². The summed E-state index contributed by atoms with van der Waals surface area (Å²) in [7, 11) is 0. The van der Waals surface area contributed by atoms with Crippen LogP contribution in [0.3, 0.4) is 0 Å². The second-order valence-electron chi connectivity index (χ2n) is 7.40. The number of imidazole rings is 1. The van der Waals surface area contributed by atoms with E-state index >= 15 is 0 Å². The van der Waals surface area contributed by atoms with E-state index < -0.39 is 0 Å². The quantitative estimate of drug-likeness (QED) is 0.306. The van der Waals surface area contributed by atoms with Crippen LogP contribution in [0.4, 0.5) is 11.4 Å². The van der Waals surface area contributed by atoms with Gasteiger partial charge in [-0.2, -0.15) is 0 Å². The fourth-order valence-corrected chi connectivity index (χ4v) is 4.46. The smallest absolute Gasteiger partial charge is 0.117 e. The molecule has 28 heavy (non-hydrogen) atoms. The lowest BCUT2D eigenvalue weighted by Gasteiger charge is -2.13. The second-order valence-corrected chi connectivity index (χ2v) is 7.40. The number of H-pyrrole nitrogens is 1. The van der Waals surface area contributed by atoms with E-state index in [1.807, 2.05) is 36.5 Å². The van der Waals surface area contributed by atoms with E-state index in [1.54, 1.807) is 6.20 Å². The molecule has 0 spiro atoms. The summed E-state index contributed by atoms with van der Waals surface area (Å²) in [4.78, 5) is 17.8. The standard InChI is InChI=1S/C22H18N6/c1-11-17(15-10-12(23)6-7-16(15)26-11)22-27-20-13-4-2-8-24-18(13)19-14(21(20)28-22)5-3-9-25-19/h2-11,17,26H,23H2,1H3,(H,27,28). The zero-order valence-corrected chi connectivity index (χ0v) is 15.3. The Hall–Kier alpha value is -3.67. The molecule has 6 nitrogen and oxygen atoms in total. The van der Waals surface area contributed by atoms with Gasteiger partial charge in [0.25, 0.3) is 0 Å². The Kier molecular flexibility index (Phi) is 2.98. The topological polar surface area (TPSA) is 92.5 Å². The van der Waals surface area contributed by atoms with E-state index in [1.165, 1.54) is 5.56 Å². The number of nitrogen functional groups attached to an aromatic ring is 1. The first kappa shape index (κ1) is 15.4. The van der Waals surface area contributed by atoms with Gasteiger partial charge in [-0.05, 0) is 55.0 Å². The summed E-state index contributed by atoms with van der Waals surface area (Å²) in [5.74, 6) is 1.03. The van der Waals surface area contributed by atoms with Crippen molar-refractivity contribution in [2.24, 2.45) is 0 Å². The van der Waals surface area contributed by atoms with Gasteiger partial charge in [0.2, 0.25) is 0 Å². The van der Waals surface area contributed by atoms with Gasteiger partial charge in [0.05, 0.1) is 28.0 Å². The predicted octanol–water partition coefficient (Wildman–Crippen LogP) is 4.19. The summed E-state index contributed by atoms with van der Waals surface area (Å²) in [6, 6.07) is 14.3. The van der Waals surface area contributed by atoms with Gasteiger partial charge in [0.1, 0.15) is 5.82 Å². The van der Waals surface area contributed by atoms with Crippen molar-refractivity contribution in [3.63, 3.8) is 0 Å². The molecule has 5 aromatic rings. The highest BCUT2D eigenvalue weighted by molar-refractivity contribution is 6.20. The molecule has 3 aromatic heterocycles. The minimum Gasteiger partial charge on any atom is -0.399 e. The fourth-order valence-electron chi connectivity index (χ4n) is 4.46. The number of aromatic amines is 1. The number of nitrogens with two attached hydrogens (primary N) is 1. The lowest BCUT2D eigenvalue weighted by molar-refractivity contribution is 0.693. The molecule has 0 fully saturated rings. The van der Waals surface area contributed by atoms with Crippen molar-refractivity contribution in [3.05, 3.63) is 66.2 Å². The van der Waals surface area contributed by atoms with Crippen molar-refractivity contribution in [2.45, 2.75) is 18.9 Å². The van der Waals surface area contributed by atoms with Crippen molar-refractivity contribution in [3.8, 4) is 0 Å². The van der Waals surface area contributed by atoms with Crippen LogP contribution in [0.5, 0.6) is 0 Å². The molecule has 4 N–H and O–H groups in total. The first-order valence-corrected chi connectivity index (χ1v) is 9.37. The second kappa shape index (κ2) is 5.42. The number of pyridine rings is 2. The lowest BCUT2D eigenvalue weighted by Crippen LogP contribution is -2.18. The third-order valence-electron chi connectivity index (χ3n) is 5.67. The van der Waals surface area contributed by atoms with Crippen LogP contribution in [0.2, 0.25) is 0 Å². The highest BCUT2D eigenvalue weighted by Gasteiger charge is 2.33. The Morgan fingerprint density at radius 3 is 2.50 bits per heavy atom. The van der Waals surface area contributed by atoms with E-state index in [9.17, 15) is 0 Å². The summed E-state index contributed by atoms with van der Waals surface area (Å²) in [6.07, 6.45) is 3.61. The van der Waals surface area contributed by atoms with Gasteiger partial charge in [-0.3, -0.25) is 9.97 Å². The third-order valence-corrected chi connectivity index (χ3v) is 5.67. The van der Waals surface area contributed by atoms with Crippen LogP contribution in [0.25, 0.3) is 32.8 Å². The molecule has 0 saturated carbocycles. The number of hydrogen-bond acceptors (Lipinski definition) is 5. The SMILES string of the molecule is CC1Nc2ccc(N)cc2C1c1nc2c3cccnc3c3ncccc3c2[nH]1. The monoisotopic (exact) mass is 366 g/mol. The number of aromatic nitrogens is 4. The van der Waals surface area contributed by atoms with Gasteiger partial charge >= 0.3 is 0 Å². The molecule has 2 atom stereocenters. The van der Waals surface area contributed by atoms with Crippen LogP contribution in [-0.4, -0.2) is 26.0 Å². The molecule has 4 heterocycles. The molecular formula is C22H18N6. The van der Waals surface area contributed by atoms with Gasteiger partial charge in [-0.25, -0.2) is 4.98 Å². The van der Waals surface area contributed by atoms with Gasteiger partial charge in [0.15, 0.2) is 0 Å². The number of benzene rings is 2. The summed E-state index contributed by atoms with van der Waals surface area (Å²) in [5.41, 5.74) is 12.8. The average molecular weight is 366 g/mol. The molecule has 0 bridgehead atoms. The molecule has 2 aromatic carbocycles. The molecule has 0 amide bonds. The van der Waals surface area contributed by atoms with Gasteiger partial charge < -0.3 is 16.0 Å². The molecule has 1 aliphatic heterocycles. The van der Waals surface area contributed by atoms with Gasteiger partial charge in [0, 0.05) is 40.6 Å². The van der Waals surface area contributed by atoms with Crippen LogP contribution in [0.1, 0.15) is 24.2 Å². The Balaban J connectivity index is 1.68. The maximum absolute atomic E-state index is 6.07.